The van der Waals surface area contributed by atoms with Gasteiger partial charge in [0, 0.05) is 19.1 Å². The second kappa shape index (κ2) is 10.1. The molecule has 31 heavy (non-hydrogen) atoms. The van der Waals surface area contributed by atoms with E-state index in [1.165, 1.54) is 22.9 Å². The zero-order chi connectivity index (χ0) is 22.6. The van der Waals surface area contributed by atoms with Crippen LogP contribution in [0.15, 0.2) is 29.2 Å². The number of nitrogens with one attached hydrogen (secondary N) is 1. The van der Waals surface area contributed by atoms with Crippen molar-refractivity contribution in [2.75, 3.05) is 13.1 Å². The molecule has 1 aromatic rings. The fraction of sp³-hybridized carbons (Fsp3) is 0.636. The van der Waals surface area contributed by atoms with Gasteiger partial charge in [-0.15, -0.1) is 0 Å². The Morgan fingerprint density at radius 1 is 1.10 bits per heavy atom. The van der Waals surface area contributed by atoms with Gasteiger partial charge in [0.15, 0.2) is 6.10 Å². The molecule has 2 fully saturated rings. The highest BCUT2D eigenvalue weighted by molar-refractivity contribution is 7.89. The topological polar surface area (TPSA) is 92.8 Å². The number of sulfonamides is 1. The molecule has 1 aliphatic carbocycles. The summed E-state index contributed by atoms with van der Waals surface area (Å²) in [6.45, 7) is 4.02. The summed E-state index contributed by atoms with van der Waals surface area (Å²) in [4.78, 5) is 25.0. The molecule has 1 saturated heterocycles. The van der Waals surface area contributed by atoms with Crippen LogP contribution in [0.4, 0.5) is 4.39 Å². The van der Waals surface area contributed by atoms with Crippen molar-refractivity contribution in [3.8, 4) is 0 Å². The van der Waals surface area contributed by atoms with Crippen molar-refractivity contribution in [2.24, 2.45) is 11.8 Å². The van der Waals surface area contributed by atoms with E-state index in [2.05, 4.69) is 12.2 Å². The molecule has 1 aromatic carbocycles. The van der Waals surface area contributed by atoms with Crippen LogP contribution < -0.4 is 5.32 Å². The molecule has 1 saturated carbocycles. The molecule has 1 heterocycles. The number of esters is 1. The SMILES string of the molecule is C[C@H](OC(=O)C1CCN(S(=O)(=O)c2ccc(F)cc2)CC1)C(=O)N[C@H]1CCCC[C@H]1C. The molecular weight excluding hydrogens is 423 g/mol. The Morgan fingerprint density at radius 2 is 1.71 bits per heavy atom. The number of carbonyl (C=O) groups excluding carboxylic acids is 2. The minimum absolute atomic E-state index is 0.0251. The lowest BCUT2D eigenvalue weighted by Gasteiger charge is -2.32. The van der Waals surface area contributed by atoms with E-state index < -0.39 is 33.8 Å². The molecule has 0 unspecified atom stereocenters. The third kappa shape index (κ3) is 5.83. The Hall–Kier alpha value is -2.00. The summed E-state index contributed by atoms with van der Waals surface area (Å²) in [7, 11) is -3.74. The molecule has 1 N–H and O–H groups in total. The van der Waals surface area contributed by atoms with Crippen LogP contribution in [0.2, 0.25) is 0 Å². The van der Waals surface area contributed by atoms with Crippen LogP contribution >= 0.6 is 0 Å². The van der Waals surface area contributed by atoms with Crippen LogP contribution in [0.3, 0.4) is 0 Å². The fourth-order valence-electron chi connectivity index (χ4n) is 4.24. The first-order valence-electron chi connectivity index (χ1n) is 10.9. The number of ether oxygens (including phenoxy) is 1. The van der Waals surface area contributed by atoms with Crippen molar-refractivity contribution in [2.45, 2.75) is 69.4 Å². The number of carbonyl (C=O) groups is 2. The highest BCUT2D eigenvalue weighted by Gasteiger charge is 2.34. The van der Waals surface area contributed by atoms with Gasteiger partial charge in [0.2, 0.25) is 10.0 Å². The first kappa shape index (κ1) is 23.7. The van der Waals surface area contributed by atoms with E-state index in [0.717, 1.165) is 31.4 Å². The third-order valence-electron chi connectivity index (χ3n) is 6.34. The molecule has 3 atom stereocenters. The molecule has 9 heteroatoms. The zero-order valence-corrected chi connectivity index (χ0v) is 18.9. The third-order valence-corrected chi connectivity index (χ3v) is 8.25. The van der Waals surface area contributed by atoms with Gasteiger partial charge in [-0.05, 0) is 62.8 Å². The maximum absolute atomic E-state index is 13.1. The van der Waals surface area contributed by atoms with Crippen molar-refractivity contribution in [1.82, 2.24) is 9.62 Å². The Balaban J connectivity index is 1.49. The molecule has 0 radical (unpaired) electrons. The van der Waals surface area contributed by atoms with Gasteiger partial charge in [0.05, 0.1) is 10.8 Å². The number of hydrogen-bond donors (Lipinski definition) is 1. The smallest absolute Gasteiger partial charge is 0.309 e. The van der Waals surface area contributed by atoms with E-state index in [4.69, 9.17) is 4.74 Å². The molecule has 2 aliphatic rings. The zero-order valence-electron chi connectivity index (χ0n) is 18.1. The number of halogens is 1. The van der Waals surface area contributed by atoms with Crippen LogP contribution in [-0.2, 0) is 24.3 Å². The summed E-state index contributed by atoms with van der Waals surface area (Å²) in [6, 6.07) is 4.80. The molecule has 172 valence electrons. The molecule has 0 spiro atoms. The summed E-state index contributed by atoms with van der Waals surface area (Å²) in [5.41, 5.74) is 0. The second-order valence-electron chi connectivity index (χ2n) is 8.59. The molecule has 7 nitrogen and oxygen atoms in total. The largest absolute Gasteiger partial charge is 0.452 e. The monoisotopic (exact) mass is 454 g/mol. The summed E-state index contributed by atoms with van der Waals surface area (Å²) in [5, 5.41) is 3.00. The van der Waals surface area contributed by atoms with Crippen LogP contribution in [0, 0.1) is 17.7 Å². The molecule has 0 bridgehead atoms. The summed E-state index contributed by atoms with van der Waals surface area (Å²) >= 11 is 0. The molecule has 1 amide bonds. The van der Waals surface area contributed by atoms with Gasteiger partial charge in [-0.2, -0.15) is 4.31 Å². The van der Waals surface area contributed by atoms with Crippen LogP contribution in [0.1, 0.15) is 52.4 Å². The van der Waals surface area contributed by atoms with Crippen LogP contribution in [0.5, 0.6) is 0 Å². The van der Waals surface area contributed by atoms with Gasteiger partial charge < -0.3 is 10.1 Å². The maximum atomic E-state index is 13.1. The van der Waals surface area contributed by atoms with Crippen LogP contribution in [0.25, 0.3) is 0 Å². The predicted octanol–water partition coefficient (Wildman–Crippen LogP) is 2.85. The average molecular weight is 455 g/mol. The van der Waals surface area contributed by atoms with E-state index in [9.17, 15) is 22.4 Å². The lowest BCUT2D eigenvalue weighted by Crippen LogP contribution is -2.47. The van der Waals surface area contributed by atoms with Gasteiger partial charge >= 0.3 is 5.97 Å². The van der Waals surface area contributed by atoms with Gasteiger partial charge in [0.1, 0.15) is 5.82 Å². The second-order valence-corrected chi connectivity index (χ2v) is 10.5. The Kier molecular flexibility index (Phi) is 7.69. The van der Waals surface area contributed by atoms with E-state index in [0.29, 0.717) is 18.8 Å². The summed E-state index contributed by atoms with van der Waals surface area (Å²) < 4.78 is 45.1. The molecule has 0 aromatic heterocycles. The van der Waals surface area contributed by atoms with Gasteiger partial charge in [0.25, 0.3) is 5.91 Å². The van der Waals surface area contributed by atoms with Crippen molar-refractivity contribution in [1.29, 1.82) is 0 Å². The number of amides is 1. The van der Waals surface area contributed by atoms with Crippen LogP contribution in [-0.4, -0.2) is 49.8 Å². The number of nitrogens with zero attached hydrogens (tertiary/aromatic N) is 1. The lowest BCUT2D eigenvalue weighted by atomic mass is 9.86. The highest BCUT2D eigenvalue weighted by Crippen LogP contribution is 2.26. The number of piperidine rings is 1. The summed E-state index contributed by atoms with van der Waals surface area (Å²) in [6.07, 6.45) is 4.02. The van der Waals surface area contributed by atoms with E-state index >= 15 is 0 Å². The van der Waals surface area contributed by atoms with Crippen molar-refractivity contribution >= 4 is 21.9 Å². The molecular formula is C22H31FN2O5S. The maximum Gasteiger partial charge on any atom is 0.309 e. The minimum Gasteiger partial charge on any atom is -0.452 e. The highest BCUT2D eigenvalue weighted by atomic mass is 32.2. The minimum atomic E-state index is -3.74. The molecule has 3 rings (SSSR count). The van der Waals surface area contributed by atoms with E-state index in [1.54, 1.807) is 6.92 Å². The van der Waals surface area contributed by atoms with E-state index in [-0.39, 0.29) is 29.9 Å². The number of benzene rings is 1. The lowest BCUT2D eigenvalue weighted by molar-refractivity contribution is -0.160. The van der Waals surface area contributed by atoms with Crippen molar-refractivity contribution < 1.29 is 27.1 Å². The first-order chi connectivity index (χ1) is 14.7. The Bertz CT molecular complexity index is 882. The average Bonchev–Trinajstić information content (AvgIpc) is 2.75. The van der Waals surface area contributed by atoms with Crippen molar-refractivity contribution in [3.05, 3.63) is 30.1 Å². The quantitative estimate of drug-likeness (QED) is 0.668. The van der Waals surface area contributed by atoms with Gasteiger partial charge in [-0.1, -0.05) is 19.8 Å². The fourth-order valence-corrected chi connectivity index (χ4v) is 5.71. The Morgan fingerprint density at radius 3 is 2.32 bits per heavy atom. The summed E-state index contributed by atoms with van der Waals surface area (Å²) in [5.74, 6) is -1.31. The number of hydrogen-bond acceptors (Lipinski definition) is 5. The van der Waals surface area contributed by atoms with Crippen molar-refractivity contribution in [3.63, 3.8) is 0 Å². The predicted molar refractivity (Wildman–Crippen MR) is 113 cm³/mol. The normalized spacial score (nSPS) is 24.4. The van der Waals surface area contributed by atoms with Gasteiger partial charge in [-0.3, -0.25) is 9.59 Å². The standard InChI is InChI=1S/C22H31FN2O5S/c1-15-5-3-4-6-20(15)24-21(26)16(2)30-22(27)17-11-13-25(14-12-17)31(28,29)19-9-7-18(23)8-10-19/h7-10,15-17,20H,3-6,11-14H2,1-2H3,(H,24,26)/t15-,16+,20+/m1/s1. The molecule has 1 aliphatic heterocycles. The number of rotatable bonds is 6. The Labute approximate surface area is 183 Å². The first-order valence-corrected chi connectivity index (χ1v) is 12.4. The van der Waals surface area contributed by atoms with Gasteiger partial charge in [-0.25, -0.2) is 12.8 Å². The van der Waals surface area contributed by atoms with E-state index in [1.807, 2.05) is 0 Å².